The smallest absolute Gasteiger partial charge is 0.258 e. The van der Waals surface area contributed by atoms with Crippen molar-refractivity contribution in [2.75, 3.05) is 17.2 Å². The van der Waals surface area contributed by atoms with Crippen LogP contribution in [0.15, 0.2) is 42.5 Å². The number of rotatable bonds is 3. The Balaban J connectivity index is 2.36. The Hall–Kier alpha value is -2.00. The van der Waals surface area contributed by atoms with Crippen molar-refractivity contribution in [3.63, 3.8) is 0 Å². The number of hydrogen-bond donors (Lipinski definition) is 1. The van der Waals surface area contributed by atoms with Crippen molar-refractivity contribution in [3.05, 3.63) is 58.6 Å². The molecule has 0 aliphatic carbocycles. The third kappa shape index (κ3) is 2.94. The minimum Gasteiger partial charge on any atom is -0.399 e. The molecule has 0 saturated heterocycles. The summed E-state index contributed by atoms with van der Waals surface area (Å²) in [5.74, 6) is -0.0575. The van der Waals surface area contributed by atoms with Gasteiger partial charge in [0.2, 0.25) is 0 Å². The lowest BCUT2D eigenvalue weighted by atomic mass is 10.1. The number of carbonyl (C=O) groups is 1. The fourth-order valence-corrected chi connectivity index (χ4v) is 2.19. The number of amides is 1. The topological polar surface area (TPSA) is 46.3 Å². The van der Waals surface area contributed by atoms with Crippen molar-refractivity contribution in [1.82, 2.24) is 0 Å². The third-order valence-electron chi connectivity index (χ3n) is 3.15. The molecule has 3 nitrogen and oxygen atoms in total. The monoisotopic (exact) mass is 288 g/mol. The average molecular weight is 289 g/mol. The summed E-state index contributed by atoms with van der Waals surface area (Å²) < 4.78 is 0. The second kappa shape index (κ2) is 5.97. The molecular formula is C16H17ClN2O. The van der Waals surface area contributed by atoms with Crippen LogP contribution in [0.1, 0.15) is 22.8 Å². The van der Waals surface area contributed by atoms with Gasteiger partial charge in [-0.2, -0.15) is 0 Å². The highest BCUT2D eigenvalue weighted by Gasteiger charge is 2.16. The molecule has 0 radical (unpaired) electrons. The molecule has 1 amide bonds. The third-order valence-corrected chi connectivity index (χ3v) is 3.57. The quantitative estimate of drug-likeness (QED) is 0.871. The zero-order valence-electron chi connectivity index (χ0n) is 11.6. The summed E-state index contributed by atoms with van der Waals surface area (Å²) in [5, 5.41) is 0.661. The zero-order chi connectivity index (χ0) is 14.7. The number of halogens is 1. The molecule has 20 heavy (non-hydrogen) atoms. The molecule has 104 valence electrons. The highest BCUT2D eigenvalue weighted by molar-refractivity contribution is 6.31. The standard InChI is InChI=1S/C16H17ClN2O/c1-3-19(14-6-4-5-13(18)10-14)16(20)12-7-8-15(17)11(2)9-12/h4-10H,3,18H2,1-2H3. The van der Waals surface area contributed by atoms with Crippen LogP contribution in [0.3, 0.4) is 0 Å². The molecular weight excluding hydrogens is 272 g/mol. The van der Waals surface area contributed by atoms with E-state index in [0.29, 0.717) is 22.8 Å². The first-order valence-corrected chi connectivity index (χ1v) is 6.84. The van der Waals surface area contributed by atoms with E-state index in [9.17, 15) is 4.79 Å². The first-order chi connectivity index (χ1) is 9.52. The molecule has 0 atom stereocenters. The number of nitrogen functional groups attached to an aromatic ring is 1. The van der Waals surface area contributed by atoms with Crippen molar-refractivity contribution in [2.45, 2.75) is 13.8 Å². The van der Waals surface area contributed by atoms with Gasteiger partial charge in [0.05, 0.1) is 0 Å². The normalized spacial score (nSPS) is 10.3. The van der Waals surface area contributed by atoms with Crippen LogP contribution in [0, 0.1) is 6.92 Å². The van der Waals surface area contributed by atoms with Crippen molar-refractivity contribution in [3.8, 4) is 0 Å². The molecule has 0 spiro atoms. The van der Waals surface area contributed by atoms with E-state index >= 15 is 0 Å². The van der Waals surface area contributed by atoms with E-state index in [0.717, 1.165) is 11.3 Å². The number of nitrogens with zero attached hydrogens (tertiary/aromatic N) is 1. The van der Waals surface area contributed by atoms with Gasteiger partial charge in [0.1, 0.15) is 0 Å². The fraction of sp³-hybridized carbons (Fsp3) is 0.188. The Bertz CT molecular complexity index is 640. The van der Waals surface area contributed by atoms with Crippen LogP contribution in [0.4, 0.5) is 11.4 Å². The van der Waals surface area contributed by atoms with Crippen molar-refractivity contribution < 1.29 is 4.79 Å². The maximum atomic E-state index is 12.6. The van der Waals surface area contributed by atoms with Gasteiger partial charge in [-0.25, -0.2) is 0 Å². The molecule has 0 saturated carbocycles. The Kier molecular flexibility index (Phi) is 4.30. The molecule has 0 aliphatic rings. The van der Waals surface area contributed by atoms with Crippen LogP contribution in [-0.4, -0.2) is 12.5 Å². The van der Waals surface area contributed by atoms with Gasteiger partial charge >= 0.3 is 0 Å². The molecule has 2 N–H and O–H groups in total. The highest BCUT2D eigenvalue weighted by Crippen LogP contribution is 2.22. The van der Waals surface area contributed by atoms with E-state index in [1.165, 1.54) is 0 Å². The maximum absolute atomic E-state index is 12.6. The molecule has 2 aromatic carbocycles. The molecule has 0 bridgehead atoms. The van der Waals surface area contributed by atoms with E-state index in [-0.39, 0.29) is 5.91 Å². The number of carbonyl (C=O) groups excluding carboxylic acids is 1. The van der Waals surface area contributed by atoms with Gasteiger partial charge in [0.15, 0.2) is 0 Å². The van der Waals surface area contributed by atoms with E-state index in [1.807, 2.05) is 26.0 Å². The van der Waals surface area contributed by atoms with Gasteiger partial charge in [0, 0.05) is 28.5 Å². The van der Waals surface area contributed by atoms with Gasteiger partial charge < -0.3 is 10.6 Å². The van der Waals surface area contributed by atoms with Gasteiger partial charge in [-0.3, -0.25) is 4.79 Å². The summed E-state index contributed by atoms with van der Waals surface area (Å²) in [4.78, 5) is 14.3. The summed E-state index contributed by atoms with van der Waals surface area (Å²) in [5.41, 5.74) is 8.73. The van der Waals surface area contributed by atoms with Crippen LogP contribution < -0.4 is 10.6 Å². The van der Waals surface area contributed by atoms with Crippen molar-refractivity contribution >= 4 is 28.9 Å². The Morgan fingerprint density at radius 1 is 1.25 bits per heavy atom. The van der Waals surface area contributed by atoms with Crippen LogP contribution >= 0.6 is 11.6 Å². The van der Waals surface area contributed by atoms with Gasteiger partial charge in [-0.15, -0.1) is 0 Å². The first kappa shape index (κ1) is 14.4. The summed E-state index contributed by atoms with van der Waals surface area (Å²) >= 11 is 6.00. The fourth-order valence-electron chi connectivity index (χ4n) is 2.07. The second-order valence-corrected chi connectivity index (χ2v) is 5.02. The van der Waals surface area contributed by atoms with Gasteiger partial charge in [0.25, 0.3) is 5.91 Å². The van der Waals surface area contributed by atoms with Gasteiger partial charge in [-0.05, 0) is 55.8 Å². The molecule has 0 unspecified atom stereocenters. The molecule has 0 aromatic heterocycles. The number of nitrogens with two attached hydrogens (primary N) is 1. The predicted molar refractivity (Wildman–Crippen MR) is 84.4 cm³/mol. The van der Waals surface area contributed by atoms with Gasteiger partial charge in [-0.1, -0.05) is 17.7 Å². The minimum atomic E-state index is -0.0575. The van der Waals surface area contributed by atoms with E-state index in [4.69, 9.17) is 17.3 Å². The molecule has 2 aromatic rings. The Morgan fingerprint density at radius 2 is 2.00 bits per heavy atom. The summed E-state index contributed by atoms with van der Waals surface area (Å²) in [6, 6.07) is 12.6. The largest absolute Gasteiger partial charge is 0.399 e. The van der Waals surface area contributed by atoms with E-state index in [2.05, 4.69) is 0 Å². The maximum Gasteiger partial charge on any atom is 0.258 e. The highest BCUT2D eigenvalue weighted by atomic mass is 35.5. The van der Waals surface area contributed by atoms with Crippen LogP contribution in [0.2, 0.25) is 5.02 Å². The van der Waals surface area contributed by atoms with E-state index < -0.39 is 0 Å². The number of hydrogen-bond acceptors (Lipinski definition) is 2. The molecule has 0 fully saturated rings. The summed E-state index contributed by atoms with van der Waals surface area (Å²) in [6.07, 6.45) is 0. The summed E-state index contributed by atoms with van der Waals surface area (Å²) in [6.45, 7) is 4.39. The zero-order valence-corrected chi connectivity index (χ0v) is 12.3. The summed E-state index contributed by atoms with van der Waals surface area (Å²) in [7, 11) is 0. The SMILES string of the molecule is CCN(C(=O)c1ccc(Cl)c(C)c1)c1cccc(N)c1. The van der Waals surface area contributed by atoms with E-state index in [1.54, 1.807) is 35.2 Å². The number of benzene rings is 2. The number of aryl methyl sites for hydroxylation is 1. The van der Waals surface area contributed by atoms with Crippen molar-refractivity contribution in [1.29, 1.82) is 0 Å². The molecule has 0 aliphatic heterocycles. The number of anilines is 2. The second-order valence-electron chi connectivity index (χ2n) is 4.61. The minimum absolute atomic E-state index is 0.0575. The average Bonchev–Trinajstić information content (AvgIpc) is 2.42. The Labute approximate surface area is 124 Å². The lowest BCUT2D eigenvalue weighted by Gasteiger charge is -2.21. The van der Waals surface area contributed by atoms with Crippen LogP contribution in [-0.2, 0) is 0 Å². The van der Waals surface area contributed by atoms with Crippen LogP contribution in [0.25, 0.3) is 0 Å². The molecule has 0 heterocycles. The lowest BCUT2D eigenvalue weighted by Crippen LogP contribution is -2.30. The molecule has 2 rings (SSSR count). The lowest BCUT2D eigenvalue weighted by molar-refractivity contribution is 0.0988. The first-order valence-electron chi connectivity index (χ1n) is 6.46. The molecule has 4 heteroatoms. The Morgan fingerprint density at radius 3 is 2.60 bits per heavy atom. The predicted octanol–water partition coefficient (Wildman–Crippen LogP) is 3.90. The van der Waals surface area contributed by atoms with Crippen molar-refractivity contribution in [2.24, 2.45) is 0 Å². The van der Waals surface area contributed by atoms with Crippen LogP contribution in [0.5, 0.6) is 0 Å².